The second-order valence-corrected chi connectivity index (χ2v) is 7.05. The molecule has 8 heteroatoms. The summed E-state index contributed by atoms with van der Waals surface area (Å²) in [7, 11) is -1.36. The third kappa shape index (κ3) is 2.84. The van der Waals surface area contributed by atoms with Crippen LogP contribution in [0.25, 0.3) is 0 Å². The second-order valence-electron chi connectivity index (χ2n) is 4.82. The molecule has 0 spiro atoms. The van der Waals surface area contributed by atoms with Crippen LogP contribution >= 0.6 is 0 Å². The highest BCUT2D eigenvalue weighted by atomic mass is 32.2. The average Bonchev–Trinajstić information content (AvgIpc) is 2.77. The number of hydrogen-bond donors (Lipinski definition) is 2. The summed E-state index contributed by atoms with van der Waals surface area (Å²) >= 11 is 0. The minimum absolute atomic E-state index is 0.0327. The molecule has 1 aromatic carbocycles. The zero-order chi connectivity index (χ0) is 14.9. The molecule has 0 aliphatic carbocycles. The largest absolute Gasteiger partial charge is 0.409 e. The van der Waals surface area contributed by atoms with Gasteiger partial charge in [-0.3, -0.25) is 0 Å². The Morgan fingerprint density at radius 3 is 2.75 bits per heavy atom. The van der Waals surface area contributed by atoms with E-state index in [1.54, 1.807) is 11.9 Å². The topological polar surface area (TPSA) is 96.0 Å². The minimum Gasteiger partial charge on any atom is -0.409 e. The quantitative estimate of drug-likeness (QED) is 0.368. The molecule has 1 fully saturated rings. The van der Waals surface area contributed by atoms with Crippen molar-refractivity contribution < 1.29 is 18.0 Å². The number of benzene rings is 1. The van der Waals surface area contributed by atoms with E-state index in [0.717, 1.165) is 6.07 Å². The number of halogens is 1. The van der Waals surface area contributed by atoms with Crippen molar-refractivity contribution in [2.45, 2.75) is 12.5 Å². The summed E-state index contributed by atoms with van der Waals surface area (Å²) in [6.07, 6.45) is 0.486. The van der Waals surface area contributed by atoms with E-state index in [2.05, 4.69) is 5.16 Å². The maximum atomic E-state index is 14.1. The Labute approximate surface area is 116 Å². The number of oxime groups is 1. The van der Waals surface area contributed by atoms with Crippen molar-refractivity contribution >= 4 is 21.4 Å². The number of rotatable bonds is 3. The molecule has 0 radical (unpaired) electrons. The lowest BCUT2D eigenvalue weighted by Crippen LogP contribution is -2.33. The van der Waals surface area contributed by atoms with Gasteiger partial charge in [-0.15, -0.1) is 0 Å². The first kappa shape index (κ1) is 14.6. The van der Waals surface area contributed by atoms with E-state index in [4.69, 9.17) is 10.9 Å². The molecular formula is C12H16FN3O3S. The molecule has 0 bridgehead atoms. The minimum atomic E-state index is -3.02. The highest BCUT2D eigenvalue weighted by molar-refractivity contribution is 7.91. The van der Waals surface area contributed by atoms with Gasteiger partial charge in [0.15, 0.2) is 15.7 Å². The monoisotopic (exact) mass is 301 g/mol. The summed E-state index contributed by atoms with van der Waals surface area (Å²) < 4.78 is 37.0. The van der Waals surface area contributed by atoms with Crippen molar-refractivity contribution in [3.8, 4) is 0 Å². The standard InChI is InChI=1S/C12H16FN3O3S/c1-16(9-4-5-20(18,19)7-9)11-3-2-8(6-10(11)13)12(14)15-17/h2-3,6,9,17H,4-5,7H2,1H3,(H2,14,15). The molecule has 1 atom stereocenters. The molecular weight excluding hydrogens is 285 g/mol. The Kier molecular flexibility index (Phi) is 3.85. The van der Waals surface area contributed by atoms with Crippen molar-refractivity contribution in [1.29, 1.82) is 0 Å². The van der Waals surface area contributed by atoms with Gasteiger partial charge in [-0.2, -0.15) is 0 Å². The molecule has 3 N–H and O–H groups in total. The normalized spacial score (nSPS) is 21.9. The molecule has 1 aliphatic rings. The van der Waals surface area contributed by atoms with Crippen LogP contribution in [0.5, 0.6) is 0 Å². The van der Waals surface area contributed by atoms with Gasteiger partial charge in [-0.25, -0.2) is 12.8 Å². The number of nitrogens with two attached hydrogens (primary N) is 1. The van der Waals surface area contributed by atoms with Crippen molar-refractivity contribution in [3.05, 3.63) is 29.6 Å². The molecule has 1 unspecified atom stereocenters. The Balaban J connectivity index is 2.25. The lowest BCUT2D eigenvalue weighted by molar-refractivity contribution is 0.318. The Morgan fingerprint density at radius 1 is 1.55 bits per heavy atom. The van der Waals surface area contributed by atoms with E-state index in [1.807, 2.05) is 0 Å². The molecule has 1 heterocycles. The maximum Gasteiger partial charge on any atom is 0.170 e. The maximum absolute atomic E-state index is 14.1. The fourth-order valence-corrected chi connectivity index (χ4v) is 4.06. The van der Waals surface area contributed by atoms with Crippen LogP contribution < -0.4 is 10.6 Å². The first-order valence-corrected chi connectivity index (χ1v) is 7.87. The molecule has 1 aliphatic heterocycles. The summed E-state index contributed by atoms with van der Waals surface area (Å²) in [4.78, 5) is 1.62. The lowest BCUT2D eigenvalue weighted by atomic mass is 10.1. The highest BCUT2D eigenvalue weighted by Crippen LogP contribution is 2.26. The highest BCUT2D eigenvalue weighted by Gasteiger charge is 2.31. The third-order valence-corrected chi connectivity index (χ3v) is 5.24. The van der Waals surface area contributed by atoms with E-state index in [9.17, 15) is 12.8 Å². The summed E-state index contributed by atoms with van der Waals surface area (Å²) in [5, 5.41) is 11.4. The third-order valence-electron chi connectivity index (χ3n) is 3.49. The van der Waals surface area contributed by atoms with Crippen LogP contribution in [0.4, 0.5) is 10.1 Å². The molecule has 110 valence electrons. The Bertz CT molecular complexity index is 645. The van der Waals surface area contributed by atoms with Crippen LogP contribution in [0, 0.1) is 5.82 Å². The fraction of sp³-hybridized carbons (Fsp3) is 0.417. The summed E-state index contributed by atoms with van der Waals surface area (Å²) in [5.41, 5.74) is 5.95. The molecule has 2 rings (SSSR count). The number of amidine groups is 1. The van der Waals surface area contributed by atoms with Crippen LogP contribution in [-0.4, -0.2) is 44.1 Å². The van der Waals surface area contributed by atoms with Crippen molar-refractivity contribution in [3.63, 3.8) is 0 Å². The molecule has 0 amide bonds. The molecule has 0 aromatic heterocycles. The van der Waals surface area contributed by atoms with E-state index >= 15 is 0 Å². The Hall–Kier alpha value is -1.83. The number of sulfone groups is 1. The van der Waals surface area contributed by atoms with Gasteiger partial charge in [0.25, 0.3) is 0 Å². The van der Waals surface area contributed by atoms with E-state index in [0.29, 0.717) is 12.1 Å². The second kappa shape index (κ2) is 5.28. The number of nitrogens with zero attached hydrogens (tertiary/aromatic N) is 2. The summed E-state index contributed by atoms with van der Waals surface area (Å²) in [5.74, 6) is -0.557. The van der Waals surface area contributed by atoms with Crippen molar-refractivity contribution in [2.24, 2.45) is 10.9 Å². The zero-order valence-electron chi connectivity index (χ0n) is 11.0. The van der Waals surface area contributed by atoms with Gasteiger partial charge in [0.05, 0.1) is 17.2 Å². The van der Waals surface area contributed by atoms with E-state index in [-0.39, 0.29) is 28.9 Å². The van der Waals surface area contributed by atoms with Crippen molar-refractivity contribution in [1.82, 2.24) is 0 Å². The van der Waals surface area contributed by atoms with E-state index in [1.165, 1.54) is 12.1 Å². The van der Waals surface area contributed by atoms with Crippen LogP contribution in [0.15, 0.2) is 23.4 Å². The smallest absolute Gasteiger partial charge is 0.170 e. The first-order valence-electron chi connectivity index (χ1n) is 6.05. The van der Waals surface area contributed by atoms with Gasteiger partial charge in [-0.1, -0.05) is 5.16 Å². The van der Waals surface area contributed by atoms with Crippen LogP contribution in [0.1, 0.15) is 12.0 Å². The first-order chi connectivity index (χ1) is 9.34. The van der Waals surface area contributed by atoms with Gasteiger partial charge >= 0.3 is 0 Å². The van der Waals surface area contributed by atoms with Crippen molar-refractivity contribution in [2.75, 3.05) is 23.5 Å². The van der Waals surface area contributed by atoms with Gasteiger partial charge < -0.3 is 15.8 Å². The fourth-order valence-electron chi connectivity index (χ4n) is 2.29. The lowest BCUT2D eigenvalue weighted by Gasteiger charge is -2.26. The average molecular weight is 301 g/mol. The van der Waals surface area contributed by atoms with Crippen LogP contribution in [0.3, 0.4) is 0 Å². The van der Waals surface area contributed by atoms with E-state index < -0.39 is 15.7 Å². The molecule has 1 aromatic rings. The predicted molar refractivity (Wildman–Crippen MR) is 74.4 cm³/mol. The molecule has 20 heavy (non-hydrogen) atoms. The van der Waals surface area contributed by atoms with Crippen LogP contribution in [0.2, 0.25) is 0 Å². The van der Waals surface area contributed by atoms with Gasteiger partial charge in [-0.05, 0) is 24.6 Å². The number of hydrogen-bond acceptors (Lipinski definition) is 5. The SMILES string of the molecule is CN(c1ccc(/C(N)=N/O)cc1F)C1CCS(=O)(=O)C1. The molecule has 6 nitrogen and oxygen atoms in total. The molecule has 1 saturated heterocycles. The predicted octanol–water partition coefficient (Wildman–Crippen LogP) is 0.544. The van der Waals surface area contributed by atoms with Gasteiger partial charge in [0, 0.05) is 18.7 Å². The number of anilines is 1. The van der Waals surface area contributed by atoms with Crippen LogP contribution in [-0.2, 0) is 9.84 Å². The van der Waals surface area contributed by atoms with Gasteiger partial charge in [0.1, 0.15) is 5.82 Å². The Morgan fingerprint density at radius 2 is 2.25 bits per heavy atom. The van der Waals surface area contributed by atoms with Gasteiger partial charge in [0.2, 0.25) is 0 Å². The summed E-state index contributed by atoms with van der Waals surface area (Å²) in [6.45, 7) is 0. The summed E-state index contributed by atoms with van der Waals surface area (Å²) in [6, 6.07) is 3.94. The molecule has 0 saturated carbocycles. The zero-order valence-corrected chi connectivity index (χ0v) is 11.8.